The molecule has 102 valence electrons. The molecule has 5 heteroatoms. The molecular formula is C14H18N2O3. The number of ether oxygens (including phenoxy) is 1. The van der Waals surface area contributed by atoms with Gasteiger partial charge in [0.1, 0.15) is 0 Å². The first-order valence-electron chi connectivity index (χ1n) is 6.19. The molecule has 0 aliphatic carbocycles. The molecule has 0 radical (unpaired) electrons. The van der Waals surface area contributed by atoms with Crippen LogP contribution in [0.2, 0.25) is 0 Å². The van der Waals surface area contributed by atoms with Gasteiger partial charge in [-0.25, -0.2) is 4.79 Å². The van der Waals surface area contributed by atoms with E-state index < -0.39 is 0 Å². The largest absolute Gasteiger partial charge is 0.465 e. The highest BCUT2D eigenvalue weighted by atomic mass is 16.5. The highest BCUT2D eigenvalue weighted by Gasteiger charge is 2.30. The van der Waals surface area contributed by atoms with Crippen LogP contribution in [0.1, 0.15) is 27.9 Å². The standard InChI is InChI=1S/C14H18N2O3/c1-8-4-10(14(18)19-3)5-9(2)13(8)16-7-11(15)6-12(16)17/h4-5,11H,6-7,15H2,1-3H3. The summed E-state index contributed by atoms with van der Waals surface area (Å²) >= 11 is 0. The van der Waals surface area contributed by atoms with Gasteiger partial charge in [-0.1, -0.05) is 0 Å². The minimum atomic E-state index is -0.373. The quantitative estimate of drug-likeness (QED) is 0.812. The Kier molecular flexibility index (Phi) is 3.57. The number of benzene rings is 1. The summed E-state index contributed by atoms with van der Waals surface area (Å²) in [7, 11) is 1.35. The highest BCUT2D eigenvalue weighted by molar-refractivity contribution is 5.99. The van der Waals surface area contributed by atoms with Gasteiger partial charge in [-0.15, -0.1) is 0 Å². The summed E-state index contributed by atoms with van der Waals surface area (Å²) in [6.07, 6.45) is 0.373. The predicted octanol–water partition coefficient (Wildman–Crippen LogP) is 1.15. The van der Waals surface area contributed by atoms with Gasteiger partial charge in [-0.3, -0.25) is 4.79 Å². The van der Waals surface area contributed by atoms with E-state index in [4.69, 9.17) is 10.5 Å². The number of amides is 1. The normalized spacial score (nSPS) is 18.8. The lowest BCUT2D eigenvalue weighted by Crippen LogP contribution is -2.29. The van der Waals surface area contributed by atoms with Crippen LogP contribution in [0.3, 0.4) is 0 Å². The van der Waals surface area contributed by atoms with Gasteiger partial charge in [0.05, 0.1) is 12.7 Å². The zero-order chi connectivity index (χ0) is 14.2. The minimum absolute atomic E-state index is 0.0320. The number of methoxy groups -OCH3 is 1. The van der Waals surface area contributed by atoms with Crippen molar-refractivity contribution in [3.05, 3.63) is 28.8 Å². The van der Waals surface area contributed by atoms with Crippen LogP contribution < -0.4 is 10.6 Å². The molecule has 1 aromatic rings. The molecule has 5 nitrogen and oxygen atoms in total. The van der Waals surface area contributed by atoms with Crippen molar-refractivity contribution in [3.8, 4) is 0 Å². The van der Waals surface area contributed by atoms with E-state index >= 15 is 0 Å². The fourth-order valence-corrected chi connectivity index (χ4v) is 2.57. The predicted molar refractivity (Wildman–Crippen MR) is 72.2 cm³/mol. The lowest BCUT2D eigenvalue weighted by atomic mass is 10.0. The van der Waals surface area contributed by atoms with E-state index in [0.29, 0.717) is 18.5 Å². The molecule has 1 unspecified atom stereocenters. The van der Waals surface area contributed by atoms with Crippen LogP contribution in [0, 0.1) is 13.8 Å². The molecule has 1 aromatic carbocycles. The summed E-state index contributed by atoms with van der Waals surface area (Å²) in [5, 5.41) is 0. The Bertz CT molecular complexity index is 516. The summed E-state index contributed by atoms with van der Waals surface area (Å²) < 4.78 is 4.71. The SMILES string of the molecule is COC(=O)c1cc(C)c(N2CC(N)CC2=O)c(C)c1. The van der Waals surface area contributed by atoms with E-state index in [0.717, 1.165) is 16.8 Å². The van der Waals surface area contributed by atoms with Crippen LogP contribution in [0.4, 0.5) is 5.69 Å². The number of carbonyl (C=O) groups excluding carboxylic acids is 2. The highest BCUT2D eigenvalue weighted by Crippen LogP contribution is 2.29. The molecule has 1 heterocycles. The number of nitrogens with two attached hydrogens (primary N) is 1. The first kappa shape index (κ1) is 13.5. The van der Waals surface area contributed by atoms with Crippen LogP contribution >= 0.6 is 0 Å². The Balaban J connectivity index is 2.43. The molecule has 1 saturated heterocycles. The van der Waals surface area contributed by atoms with Crippen molar-refractivity contribution in [2.75, 3.05) is 18.6 Å². The van der Waals surface area contributed by atoms with Crippen molar-refractivity contribution in [2.45, 2.75) is 26.3 Å². The van der Waals surface area contributed by atoms with E-state index in [1.54, 1.807) is 17.0 Å². The van der Waals surface area contributed by atoms with Gasteiger partial charge in [-0.2, -0.15) is 0 Å². The number of aryl methyl sites for hydroxylation is 2. The van der Waals surface area contributed by atoms with Crippen molar-refractivity contribution in [2.24, 2.45) is 5.73 Å². The van der Waals surface area contributed by atoms with Gasteiger partial charge in [0, 0.05) is 24.7 Å². The maximum Gasteiger partial charge on any atom is 0.337 e. The number of anilines is 1. The van der Waals surface area contributed by atoms with E-state index in [1.807, 2.05) is 13.8 Å². The van der Waals surface area contributed by atoms with E-state index in [2.05, 4.69) is 0 Å². The lowest BCUT2D eigenvalue weighted by Gasteiger charge is -2.22. The van der Waals surface area contributed by atoms with Crippen molar-refractivity contribution >= 4 is 17.6 Å². The Labute approximate surface area is 112 Å². The minimum Gasteiger partial charge on any atom is -0.465 e. The average molecular weight is 262 g/mol. The van der Waals surface area contributed by atoms with Crippen molar-refractivity contribution in [1.82, 2.24) is 0 Å². The fourth-order valence-electron chi connectivity index (χ4n) is 2.57. The second-order valence-electron chi connectivity index (χ2n) is 4.92. The van der Waals surface area contributed by atoms with Crippen LogP contribution in [-0.2, 0) is 9.53 Å². The Morgan fingerprint density at radius 2 is 1.95 bits per heavy atom. The molecular weight excluding hydrogens is 244 g/mol. The third-order valence-corrected chi connectivity index (χ3v) is 3.34. The Hall–Kier alpha value is -1.88. The first-order chi connectivity index (χ1) is 8.93. The van der Waals surface area contributed by atoms with Gasteiger partial charge >= 0.3 is 5.97 Å². The second-order valence-corrected chi connectivity index (χ2v) is 4.92. The number of rotatable bonds is 2. The molecule has 1 amide bonds. The topological polar surface area (TPSA) is 72.6 Å². The number of esters is 1. The zero-order valence-corrected chi connectivity index (χ0v) is 11.4. The number of hydrogen-bond donors (Lipinski definition) is 1. The van der Waals surface area contributed by atoms with E-state index in [-0.39, 0.29) is 17.9 Å². The summed E-state index contributed by atoms with van der Waals surface area (Å²) in [4.78, 5) is 25.2. The second kappa shape index (κ2) is 5.01. The molecule has 19 heavy (non-hydrogen) atoms. The van der Waals surface area contributed by atoms with E-state index in [1.165, 1.54) is 7.11 Å². The molecule has 1 aliphatic rings. The molecule has 1 fully saturated rings. The maximum absolute atomic E-state index is 11.9. The first-order valence-corrected chi connectivity index (χ1v) is 6.19. The van der Waals surface area contributed by atoms with Crippen molar-refractivity contribution in [3.63, 3.8) is 0 Å². The molecule has 2 rings (SSSR count). The van der Waals surface area contributed by atoms with Crippen LogP contribution in [0.5, 0.6) is 0 Å². The number of carbonyl (C=O) groups is 2. The van der Waals surface area contributed by atoms with Gasteiger partial charge in [0.25, 0.3) is 0 Å². The molecule has 0 saturated carbocycles. The van der Waals surface area contributed by atoms with Gasteiger partial charge < -0.3 is 15.4 Å². The molecule has 0 bridgehead atoms. The third-order valence-electron chi connectivity index (χ3n) is 3.34. The Morgan fingerprint density at radius 3 is 2.37 bits per heavy atom. The van der Waals surface area contributed by atoms with Crippen LogP contribution in [-0.4, -0.2) is 31.6 Å². The lowest BCUT2D eigenvalue weighted by molar-refractivity contribution is -0.117. The van der Waals surface area contributed by atoms with E-state index in [9.17, 15) is 9.59 Å². The number of hydrogen-bond acceptors (Lipinski definition) is 4. The molecule has 0 aromatic heterocycles. The zero-order valence-electron chi connectivity index (χ0n) is 11.4. The molecule has 2 N–H and O–H groups in total. The summed E-state index contributed by atoms with van der Waals surface area (Å²) in [5.74, 6) is -0.341. The monoisotopic (exact) mass is 262 g/mol. The summed E-state index contributed by atoms with van der Waals surface area (Å²) in [5.41, 5.74) is 8.92. The average Bonchev–Trinajstić information content (AvgIpc) is 2.66. The van der Waals surface area contributed by atoms with Gasteiger partial charge in [0.2, 0.25) is 5.91 Å². The Morgan fingerprint density at radius 1 is 1.37 bits per heavy atom. The third kappa shape index (κ3) is 2.46. The fraction of sp³-hybridized carbons (Fsp3) is 0.429. The number of nitrogens with zero attached hydrogens (tertiary/aromatic N) is 1. The van der Waals surface area contributed by atoms with Gasteiger partial charge in [-0.05, 0) is 37.1 Å². The summed E-state index contributed by atoms with van der Waals surface area (Å²) in [6, 6.07) is 3.36. The van der Waals surface area contributed by atoms with Crippen molar-refractivity contribution in [1.29, 1.82) is 0 Å². The van der Waals surface area contributed by atoms with Crippen molar-refractivity contribution < 1.29 is 14.3 Å². The molecule has 1 atom stereocenters. The van der Waals surface area contributed by atoms with Gasteiger partial charge in [0.15, 0.2) is 0 Å². The summed E-state index contributed by atoms with van der Waals surface area (Å²) in [6.45, 7) is 4.29. The smallest absolute Gasteiger partial charge is 0.337 e. The van der Waals surface area contributed by atoms with Crippen LogP contribution in [0.15, 0.2) is 12.1 Å². The van der Waals surface area contributed by atoms with Crippen LogP contribution in [0.25, 0.3) is 0 Å². The maximum atomic E-state index is 11.9. The molecule has 0 spiro atoms. The molecule has 1 aliphatic heterocycles.